The Kier molecular flexibility index (Phi) is 9.84. The minimum Gasteiger partial charge on any atom is -0.481 e. The number of carboxylic acids is 2. The van der Waals surface area contributed by atoms with E-state index in [4.69, 9.17) is 20.5 Å². The molecule has 1 heterocycles. The van der Waals surface area contributed by atoms with Gasteiger partial charge in [0.1, 0.15) is 6.10 Å². The van der Waals surface area contributed by atoms with Crippen LogP contribution in [0.5, 0.6) is 0 Å². The Balaban J connectivity index is 0.000000361. The van der Waals surface area contributed by atoms with Crippen molar-refractivity contribution in [2.24, 2.45) is 5.73 Å². The van der Waals surface area contributed by atoms with Crippen LogP contribution in [0.2, 0.25) is 0 Å². The van der Waals surface area contributed by atoms with E-state index in [2.05, 4.69) is 5.73 Å². The maximum Gasteiger partial charge on any atom is 0.335 e. The average molecular weight is 370 g/mol. The number of benzene rings is 1. The van der Waals surface area contributed by atoms with Crippen molar-refractivity contribution >= 4 is 29.7 Å². The van der Waals surface area contributed by atoms with Crippen molar-refractivity contribution < 1.29 is 44.5 Å². The molecule has 1 aromatic rings. The molecule has 1 atom stereocenters. The molecule has 1 aromatic carbocycles. The number of amides is 3. The summed E-state index contributed by atoms with van der Waals surface area (Å²) in [5.74, 6) is -4.15. The molecule has 0 bridgehead atoms. The summed E-state index contributed by atoms with van der Waals surface area (Å²) in [5, 5.41) is 33.4. The number of nitrogens with two attached hydrogens (primary N) is 1. The highest BCUT2D eigenvalue weighted by atomic mass is 16.5. The molecule has 3 amide bonds. The molecule has 1 unspecified atom stereocenters. The zero-order valence-corrected chi connectivity index (χ0v) is 13.4. The van der Waals surface area contributed by atoms with Crippen molar-refractivity contribution in [3.8, 4) is 0 Å². The lowest BCUT2D eigenvalue weighted by molar-refractivity contribution is -0.171. The summed E-state index contributed by atoms with van der Waals surface area (Å²) < 4.78 is 0. The third-order valence-electron chi connectivity index (χ3n) is 2.74. The second-order valence-electron chi connectivity index (χ2n) is 4.79. The number of hydrogen-bond acceptors (Lipinski definition) is 7. The Labute approximate surface area is 147 Å². The predicted octanol–water partition coefficient (Wildman–Crippen LogP) is -0.783. The fraction of sp³-hybridized carbons (Fsp3) is 0.267. The van der Waals surface area contributed by atoms with Crippen molar-refractivity contribution in [1.29, 1.82) is 0 Å². The van der Waals surface area contributed by atoms with Gasteiger partial charge in [0.2, 0.25) is 5.91 Å². The van der Waals surface area contributed by atoms with Gasteiger partial charge in [0.05, 0.1) is 12.0 Å². The maximum atomic E-state index is 10.2. The fourth-order valence-electron chi connectivity index (χ4n) is 1.41. The highest BCUT2D eigenvalue weighted by Crippen LogP contribution is 2.07. The molecule has 142 valence electrons. The van der Waals surface area contributed by atoms with E-state index in [0.717, 1.165) is 0 Å². The molecule has 11 heteroatoms. The van der Waals surface area contributed by atoms with E-state index in [1.54, 1.807) is 30.3 Å². The molecule has 1 fully saturated rings. The number of aliphatic carboxylic acids is 1. The number of hydrogen-bond donors (Lipinski definition) is 5. The first kappa shape index (κ1) is 22.7. The molecule has 6 N–H and O–H groups in total. The van der Waals surface area contributed by atoms with E-state index >= 15 is 0 Å². The maximum absolute atomic E-state index is 10.2. The smallest absolute Gasteiger partial charge is 0.335 e. The highest BCUT2D eigenvalue weighted by molar-refractivity contribution is 6.00. The van der Waals surface area contributed by atoms with Gasteiger partial charge >= 0.3 is 11.9 Å². The Bertz CT molecular complexity index is 644. The summed E-state index contributed by atoms with van der Waals surface area (Å²) in [7, 11) is 0. The van der Waals surface area contributed by atoms with Gasteiger partial charge in [-0.25, -0.2) is 4.79 Å². The monoisotopic (exact) mass is 370 g/mol. The fourth-order valence-corrected chi connectivity index (χ4v) is 1.41. The van der Waals surface area contributed by atoms with Crippen LogP contribution in [-0.2, 0) is 19.2 Å². The van der Waals surface area contributed by atoms with E-state index in [9.17, 15) is 24.0 Å². The molecular weight excluding hydrogens is 352 g/mol. The van der Waals surface area contributed by atoms with Crippen LogP contribution in [0.25, 0.3) is 0 Å². The minimum absolute atomic E-state index is 0.148. The molecule has 0 radical (unpaired) electrons. The minimum atomic E-state index is -1.57. The Morgan fingerprint density at radius 3 is 1.69 bits per heavy atom. The number of rotatable bonds is 4. The van der Waals surface area contributed by atoms with E-state index in [-0.39, 0.29) is 17.9 Å². The zero-order valence-electron chi connectivity index (χ0n) is 13.4. The van der Waals surface area contributed by atoms with Gasteiger partial charge in [0, 0.05) is 12.8 Å². The number of aliphatic hydroxyl groups is 1. The second kappa shape index (κ2) is 11.3. The van der Waals surface area contributed by atoms with Crippen molar-refractivity contribution in [3.63, 3.8) is 0 Å². The van der Waals surface area contributed by atoms with Crippen LogP contribution < -0.4 is 5.73 Å². The summed E-state index contributed by atoms with van der Waals surface area (Å²) in [6, 6.07) is 8.30. The van der Waals surface area contributed by atoms with Gasteiger partial charge in [0.25, 0.3) is 11.8 Å². The molecule has 0 aliphatic carbocycles. The molecule has 0 aromatic heterocycles. The van der Waals surface area contributed by atoms with Gasteiger partial charge in [-0.2, -0.15) is 5.06 Å². The van der Waals surface area contributed by atoms with Crippen LogP contribution in [0.3, 0.4) is 0 Å². The molecule has 1 aliphatic heterocycles. The van der Waals surface area contributed by atoms with Crippen molar-refractivity contribution in [1.82, 2.24) is 5.06 Å². The van der Waals surface area contributed by atoms with Gasteiger partial charge in [-0.05, 0) is 12.1 Å². The summed E-state index contributed by atoms with van der Waals surface area (Å²) in [6.07, 6.45) is -1.90. The number of nitrogens with zero attached hydrogens (tertiary/aromatic N) is 1. The summed E-state index contributed by atoms with van der Waals surface area (Å²) in [6.45, 7) is 0. The number of aromatic carboxylic acids is 1. The third kappa shape index (κ3) is 9.10. The Morgan fingerprint density at radius 2 is 1.50 bits per heavy atom. The van der Waals surface area contributed by atoms with Crippen LogP contribution in [0.1, 0.15) is 29.6 Å². The molecule has 2 rings (SSSR count). The number of imide groups is 1. The second-order valence-corrected chi connectivity index (χ2v) is 4.79. The first-order valence-corrected chi connectivity index (χ1v) is 7.08. The van der Waals surface area contributed by atoms with Crippen LogP contribution >= 0.6 is 0 Å². The van der Waals surface area contributed by atoms with Crippen LogP contribution in [0.15, 0.2) is 30.3 Å². The van der Waals surface area contributed by atoms with Crippen molar-refractivity contribution in [2.45, 2.75) is 25.4 Å². The lowest BCUT2D eigenvalue weighted by atomic mass is 10.2. The van der Waals surface area contributed by atoms with Crippen molar-refractivity contribution in [2.75, 3.05) is 0 Å². The summed E-state index contributed by atoms with van der Waals surface area (Å²) in [5.41, 5.74) is 4.86. The standard InChI is InChI=1S/C7H6O2.C4H7NO4.C4H5NO3/c8-7(9)6-4-2-1-3-5-6;5-4(9)2(6)1-3(7)8;6-3-1-2-4(7)5(3)8/h1-5H,(H,8,9);2,6H,1H2,(H2,5,9)(H,7,8);8H,1-2H2. The number of primary amides is 1. The molecule has 1 saturated heterocycles. The highest BCUT2D eigenvalue weighted by Gasteiger charge is 2.26. The normalized spacial score (nSPS) is 13.7. The zero-order chi connectivity index (χ0) is 20.3. The lowest BCUT2D eigenvalue weighted by Gasteiger charge is -1.99. The molecule has 1 aliphatic rings. The van der Waals surface area contributed by atoms with E-state index in [0.29, 0.717) is 5.56 Å². The number of carboxylic acid groups (broad SMARTS) is 2. The Hall–Kier alpha value is -3.31. The first-order valence-electron chi connectivity index (χ1n) is 7.08. The average Bonchev–Trinajstić information content (AvgIpc) is 2.87. The van der Waals surface area contributed by atoms with Gasteiger partial charge in [-0.15, -0.1) is 0 Å². The lowest BCUT2D eigenvalue weighted by Crippen LogP contribution is -2.30. The van der Waals surface area contributed by atoms with E-state index in [1.807, 2.05) is 0 Å². The van der Waals surface area contributed by atoms with Gasteiger partial charge < -0.3 is 21.1 Å². The number of carbonyl (C=O) groups is 5. The molecular formula is C15H18N2O9. The van der Waals surface area contributed by atoms with E-state index < -0.39 is 42.2 Å². The number of hydroxylamine groups is 2. The topological polar surface area (TPSA) is 196 Å². The predicted molar refractivity (Wildman–Crippen MR) is 83.7 cm³/mol. The van der Waals surface area contributed by atoms with E-state index in [1.165, 1.54) is 0 Å². The van der Waals surface area contributed by atoms with Crippen LogP contribution in [0.4, 0.5) is 0 Å². The van der Waals surface area contributed by atoms with Crippen molar-refractivity contribution in [3.05, 3.63) is 35.9 Å². The molecule has 26 heavy (non-hydrogen) atoms. The van der Waals surface area contributed by atoms with Gasteiger partial charge in [0.15, 0.2) is 0 Å². The quantitative estimate of drug-likeness (QED) is 0.333. The van der Waals surface area contributed by atoms with Gasteiger partial charge in [-0.1, -0.05) is 18.2 Å². The number of carbonyl (C=O) groups excluding carboxylic acids is 3. The third-order valence-corrected chi connectivity index (χ3v) is 2.74. The Morgan fingerprint density at radius 1 is 1.04 bits per heavy atom. The van der Waals surface area contributed by atoms with Crippen LogP contribution in [-0.4, -0.2) is 61.4 Å². The summed E-state index contributed by atoms with van der Waals surface area (Å²) in [4.78, 5) is 50.4. The molecule has 0 saturated carbocycles. The van der Waals surface area contributed by atoms with Gasteiger partial charge in [-0.3, -0.25) is 24.4 Å². The SMILES string of the molecule is NC(=O)C(O)CC(=O)O.O=C(O)c1ccccc1.O=C1CCC(=O)N1O. The largest absolute Gasteiger partial charge is 0.481 e. The summed E-state index contributed by atoms with van der Waals surface area (Å²) >= 11 is 0. The number of aliphatic hydroxyl groups excluding tert-OH is 1. The first-order chi connectivity index (χ1) is 12.1. The van der Waals surface area contributed by atoms with Crippen LogP contribution in [0, 0.1) is 0 Å². The molecule has 11 nitrogen and oxygen atoms in total. The molecule has 0 spiro atoms.